The van der Waals surface area contributed by atoms with Crippen molar-refractivity contribution in [3.63, 3.8) is 0 Å². The van der Waals surface area contributed by atoms with Gasteiger partial charge in [0.2, 0.25) is 17.8 Å². The molecule has 5 rings (SSSR count). The van der Waals surface area contributed by atoms with Gasteiger partial charge in [0.15, 0.2) is 0 Å². The van der Waals surface area contributed by atoms with Gasteiger partial charge in [-0.2, -0.15) is 0 Å². The van der Waals surface area contributed by atoms with Gasteiger partial charge in [-0.3, -0.25) is 14.4 Å². The topological polar surface area (TPSA) is 153 Å². The number of aryl methyl sites for hydroxylation is 1. The summed E-state index contributed by atoms with van der Waals surface area (Å²) in [5.41, 5.74) is 7.76. The minimum Gasteiger partial charge on any atom is -0.406 e. The zero-order valence-electron chi connectivity index (χ0n) is 27.9. The second kappa shape index (κ2) is 15.3. The SMILES string of the molecule is CC(C)(C)C(=O)NCc1ccc(Cl)c(Nc2nc3cc(C(=O)Nc4ccc(OC(F)(F)F)cc4)c(N4CCOCC4)cc3n2CCC(N)=O)c1Cl. The fourth-order valence-electron chi connectivity index (χ4n) is 5.29. The van der Waals surface area contributed by atoms with Gasteiger partial charge in [-0.15, -0.1) is 13.2 Å². The number of fused-ring (bicyclic) bond motifs is 1. The van der Waals surface area contributed by atoms with Crippen LogP contribution in [-0.4, -0.2) is 59.9 Å². The third kappa shape index (κ3) is 9.34. The predicted molar refractivity (Wildman–Crippen MR) is 189 cm³/mol. The summed E-state index contributed by atoms with van der Waals surface area (Å²) in [6, 6.07) is 11.5. The maximum atomic E-state index is 13.8. The van der Waals surface area contributed by atoms with Crippen LogP contribution in [-0.2, 0) is 27.4 Å². The number of carbonyl (C=O) groups excluding carboxylic acids is 3. The van der Waals surface area contributed by atoms with Crippen LogP contribution in [0.15, 0.2) is 48.5 Å². The zero-order valence-corrected chi connectivity index (χ0v) is 29.4. The fourth-order valence-corrected chi connectivity index (χ4v) is 5.82. The fraction of sp³-hybridized carbons (Fsp3) is 0.353. The highest BCUT2D eigenvalue weighted by Crippen LogP contribution is 2.38. The summed E-state index contributed by atoms with van der Waals surface area (Å²) in [5.74, 6) is -1.44. The molecular weight excluding hydrogens is 714 g/mol. The molecule has 1 aromatic heterocycles. The van der Waals surface area contributed by atoms with E-state index in [-0.39, 0.29) is 52.7 Å². The molecule has 0 unspecified atom stereocenters. The number of amides is 3. The van der Waals surface area contributed by atoms with Crippen molar-refractivity contribution in [2.24, 2.45) is 11.1 Å². The minimum atomic E-state index is -4.86. The molecule has 4 aromatic rings. The standard InChI is InChI=1S/C34H36Cl2F3N7O5/c1-33(2,3)31(49)41-18-19-4-9-23(35)29(28(19)36)44-32-43-24-16-22(30(48)42-20-5-7-21(8-6-20)51-34(37,38)39)25(45-12-14-50-15-13-45)17-26(24)46(32)11-10-27(40)47/h4-9,16-17H,10-15,18H2,1-3H3,(H2,40,47)(H,41,49)(H,42,48)(H,43,44). The van der Waals surface area contributed by atoms with Gasteiger partial charge in [0.05, 0.1) is 51.2 Å². The molecule has 0 saturated carbocycles. The Hall–Kier alpha value is -4.73. The summed E-state index contributed by atoms with van der Waals surface area (Å²) < 4.78 is 49.1. The Morgan fingerprint density at radius 2 is 1.71 bits per heavy atom. The summed E-state index contributed by atoms with van der Waals surface area (Å²) in [6.07, 6.45) is -4.89. The number of primary amides is 1. The number of anilines is 4. The Labute approximate surface area is 301 Å². The Bertz CT molecular complexity index is 1940. The number of rotatable bonds is 11. The summed E-state index contributed by atoms with van der Waals surface area (Å²) in [5, 5.41) is 9.30. The van der Waals surface area contributed by atoms with Crippen molar-refractivity contribution in [2.75, 3.05) is 41.8 Å². The molecule has 0 radical (unpaired) electrons. The molecule has 1 saturated heterocycles. The van der Waals surface area contributed by atoms with Gasteiger partial charge < -0.3 is 40.6 Å². The van der Waals surface area contributed by atoms with Crippen molar-refractivity contribution in [1.82, 2.24) is 14.9 Å². The van der Waals surface area contributed by atoms with Gasteiger partial charge in [-0.05, 0) is 48.0 Å². The van der Waals surface area contributed by atoms with E-state index < -0.39 is 29.3 Å². The highest BCUT2D eigenvalue weighted by molar-refractivity contribution is 6.39. The lowest BCUT2D eigenvalue weighted by molar-refractivity contribution is -0.274. The van der Waals surface area contributed by atoms with E-state index in [9.17, 15) is 27.6 Å². The van der Waals surface area contributed by atoms with E-state index >= 15 is 0 Å². The van der Waals surface area contributed by atoms with Gasteiger partial charge in [-0.25, -0.2) is 4.98 Å². The summed E-state index contributed by atoms with van der Waals surface area (Å²) >= 11 is 13.4. The Morgan fingerprint density at radius 3 is 2.33 bits per heavy atom. The number of hydrogen-bond acceptors (Lipinski definition) is 8. The van der Waals surface area contributed by atoms with Gasteiger partial charge in [0.25, 0.3) is 5.91 Å². The van der Waals surface area contributed by atoms with E-state index in [1.807, 2.05) is 4.90 Å². The van der Waals surface area contributed by atoms with Crippen LogP contribution >= 0.6 is 23.2 Å². The average Bonchev–Trinajstić information content (AvgIpc) is 3.40. The van der Waals surface area contributed by atoms with Crippen molar-refractivity contribution in [3.8, 4) is 5.75 Å². The average molecular weight is 751 g/mol. The highest BCUT2D eigenvalue weighted by atomic mass is 35.5. The maximum Gasteiger partial charge on any atom is 0.573 e. The number of nitrogens with one attached hydrogen (secondary N) is 3. The largest absolute Gasteiger partial charge is 0.573 e. The summed E-state index contributed by atoms with van der Waals surface area (Å²) in [4.78, 5) is 44.9. The Balaban J connectivity index is 1.54. The minimum absolute atomic E-state index is 0.0380. The first-order chi connectivity index (χ1) is 24.0. The quantitative estimate of drug-likeness (QED) is 0.134. The van der Waals surface area contributed by atoms with E-state index in [0.717, 1.165) is 12.1 Å². The zero-order chi connectivity index (χ0) is 37.1. The molecule has 1 fully saturated rings. The highest BCUT2D eigenvalue weighted by Gasteiger charge is 2.31. The van der Waals surface area contributed by atoms with E-state index in [1.165, 1.54) is 12.1 Å². The molecule has 17 heteroatoms. The van der Waals surface area contributed by atoms with Gasteiger partial charge in [0.1, 0.15) is 5.75 Å². The molecule has 3 amide bonds. The normalized spacial score (nSPS) is 13.6. The maximum absolute atomic E-state index is 13.8. The van der Waals surface area contributed by atoms with Crippen molar-refractivity contribution in [2.45, 2.75) is 46.6 Å². The summed E-state index contributed by atoms with van der Waals surface area (Å²) in [7, 11) is 0. The predicted octanol–water partition coefficient (Wildman–Crippen LogP) is 6.61. The van der Waals surface area contributed by atoms with Crippen molar-refractivity contribution >= 4 is 75.0 Å². The van der Waals surface area contributed by atoms with E-state index in [2.05, 4.69) is 20.7 Å². The molecular formula is C34H36Cl2F3N7O5. The van der Waals surface area contributed by atoms with Crippen LogP contribution in [0.25, 0.3) is 11.0 Å². The molecule has 2 heterocycles. The molecule has 51 heavy (non-hydrogen) atoms. The van der Waals surface area contributed by atoms with Crippen LogP contribution in [0, 0.1) is 5.41 Å². The van der Waals surface area contributed by atoms with Crippen LogP contribution in [0.3, 0.4) is 0 Å². The number of nitrogens with zero attached hydrogens (tertiary/aromatic N) is 3. The number of hydrogen-bond donors (Lipinski definition) is 4. The van der Waals surface area contributed by atoms with Gasteiger partial charge >= 0.3 is 6.36 Å². The number of nitrogens with two attached hydrogens (primary N) is 1. The first-order valence-electron chi connectivity index (χ1n) is 15.8. The number of imidazole rings is 1. The Kier molecular flexibility index (Phi) is 11.2. The van der Waals surface area contributed by atoms with Crippen LogP contribution in [0.1, 0.15) is 43.1 Å². The first kappa shape index (κ1) is 37.5. The van der Waals surface area contributed by atoms with Crippen molar-refractivity contribution < 1.29 is 37.0 Å². The van der Waals surface area contributed by atoms with Gasteiger partial charge in [0, 0.05) is 43.7 Å². The molecule has 1 aliphatic rings. The van der Waals surface area contributed by atoms with Crippen molar-refractivity contribution in [1.29, 1.82) is 0 Å². The molecule has 0 atom stereocenters. The third-order valence-corrected chi connectivity index (χ3v) is 8.66. The summed E-state index contributed by atoms with van der Waals surface area (Å²) in [6.45, 7) is 7.41. The van der Waals surface area contributed by atoms with Crippen LogP contribution < -0.4 is 31.3 Å². The van der Waals surface area contributed by atoms with E-state index in [1.54, 1.807) is 49.6 Å². The number of alkyl halides is 3. The lowest BCUT2D eigenvalue weighted by atomic mass is 9.95. The van der Waals surface area contributed by atoms with Crippen molar-refractivity contribution in [3.05, 3.63) is 69.7 Å². The van der Waals surface area contributed by atoms with Crippen LogP contribution in [0.5, 0.6) is 5.75 Å². The lowest BCUT2D eigenvalue weighted by Crippen LogP contribution is -2.37. The molecule has 1 aliphatic heterocycles. The van der Waals surface area contributed by atoms with Crippen LogP contribution in [0.4, 0.5) is 36.2 Å². The number of ether oxygens (including phenoxy) is 2. The number of morpholine rings is 1. The van der Waals surface area contributed by atoms with Crippen LogP contribution in [0.2, 0.25) is 10.0 Å². The van der Waals surface area contributed by atoms with E-state index in [0.29, 0.717) is 54.3 Å². The molecule has 5 N–H and O–H groups in total. The molecule has 3 aromatic carbocycles. The second-order valence-corrected chi connectivity index (χ2v) is 13.5. The molecule has 0 spiro atoms. The Morgan fingerprint density at radius 1 is 1.02 bits per heavy atom. The molecule has 272 valence electrons. The first-order valence-corrected chi connectivity index (χ1v) is 16.6. The smallest absolute Gasteiger partial charge is 0.406 e. The third-order valence-electron chi connectivity index (χ3n) is 7.92. The molecule has 12 nitrogen and oxygen atoms in total. The van der Waals surface area contributed by atoms with E-state index in [4.69, 9.17) is 38.7 Å². The molecule has 0 aliphatic carbocycles. The number of carbonyl (C=O) groups is 3. The number of aromatic nitrogens is 2. The second-order valence-electron chi connectivity index (χ2n) is 12.7. The molecule has 0 bridgehead atoms. The number of halogens is 5. The van der Waals surface area contributed by atoms with Gasteiger partial charge in [-0.1, -0.05) is 50.0 Å². The number of benzene rings is 3. The lowest BCUT2D eigenvalue weighted by Gasteiger charge is -2.30. The monoisotopic (exact) mass is 749 g/mol.